The van der Waals surface area contributed by atoms with E-state index >= 15 is 0 Å². The highest BCUT2D eigenvalue weighted by atomic mass is 16.5. The largest absolute Gasteiger partial charge is 0.445 e. The third-order valence-electron chi connectivity index (χ3n) is 4.85. The van der Waals surface area contributed by atoms with Gasteiger partial charge in [-0.2, -0.15) is 0 Å². The van der Waals surface area contributed by atoms with E-state index in [1.807, 2.05) is 79.8 Å². The Morgan fingerprint density at radius 2 is 1.66 bits per heavy atom. The van der Waals surface area contributed by atoms with Gasteiger partial charge in [0.05, 0.1) is 12.3 Å². The molecule has 0 aromatic heterocycles. The monoisotopic (exact) mass is 385 g/mol. The molecule has 0 saturated carbocycles. The molecular formula is C24H23N3O2. The molecule has 1 aliphatic rings. The van der Waals surface area contributed by atoms with Crippen LogP contribution in [0.2, 0.25) is 0 Å². The number of nitrogens with one attached hydrogen (secondary N) is 1. The predicted octanol–water partition coefficient (Wildman–Crippen LogP) is 4.23. The Kier molecular flexibility index (Phi) is 5.56. The van der Waals surface area contributed by atoms with Gasteiger partial charge in [0.1, 0.15) is 12.8 Å². The van der Waals surface area contributed by atoms with Crippen LogP contribution in [0.15, 0.2) is 89.9 Å². The SMILES string of the molecule is CN1CC(NC(=O)OCc2ccccc2)N=C(c2ccccc2)c2ccccc21. The molecule has 1 N–H and O–H groups in total. The molecule has 1 unspecified atom stereocenters. The molecule has 1 atom stereocenters. The van der Waals surface area contributed by atoms with Gasteiger partial charge in [-0.05, 0) is 11.6 Å². The number of nitrogens with zero attached hydrogens (tertiary/aromatic N) is 2. The Morgan fingerprint density at radius 3 is 2.41 bits per heavy atom. The zero-order valence-corrected chi connectivity index (χ0v) is 16.3. The van der Waals surface area contributed by atoms with E-state index in [-0.39, 0.29) is 6.61 Å². The Hall–Kier alpha value is -3.60. The molecule has 0 aliphatic carbocycles. The Bertz CT molecular complexity index is 1000. The molecule has 5 heteroatoms. The lowest BCUT2D eigenvalue weighted by molar-refractivity contribution is 0.136. The van der Waals surface area contributed by atoms with Crippen LogP contribution in [0.25, 0.3) is 0 Å². The van der Waals surface area contributed by atoms with E-state index < -0.39 is 12.3 Å². The molecule has 0 radical (unpaired) electrons. The molecule has 0 bridgehead atoms. The minimum Gasteiger partial charge on any atom is -0.445 e. The van der Waals surface area contributed by atoms with E-state index in [0.29, 0.717) is 6.54 Å². The lowest BCUT2D eigenvalue weighted by atomic mass is 10.0. The third-order valence-corrected chi connectivity index (χ3v) is 4.85. The van der Waals surface area contributed by atoms with E-state index in [0.717, 1.165) is 28.1 Å². The summed E-state index contributed by atoms with van der Waals surface area (Å²) in [5.74, 6) is 0. The van der Waals surface area contributed by atoms with Gasteiger partial charge in [0.15, 0.2) is 0 Å². The van der Waals surface area contributed by atoms with Crippen molar-refractivity contribution in [3.8, 4) is 0 Å². The van der Waals surface area contributed by atoms with Crippen LogP contribution < -0.4 is 10.2 Å². The number of anilines is 1. The summed E-state index contributed by atoms with van der Waals surface area (Å²) in [6.45, 7) is 0.776. The number of carbonyl (C=O) groups excluding carboxylic acids is 1. The molecule has 4 rings (SSSR count). The Balaban J connectivity index is 1.56. The smallest absolute Gasteiger partial charge is 0.409 e. The summed E-state index contributed by atoms with van der Waals surface area (Å²) in [5.41, 5.74) is 4.94. The number of hydrogen-bond acceptors (Lipinski definition) is 4. The summed E-state index contributed by atoms with van der Waals surface area (Å²) in [5, 5.41) is 2.90. The molecule has 3 aromatic rings. The second-order valence-electron chi connectivity index (χ2n) is 6.96. The van der Waals surface area contributed by atoms with Crippen LogP contribution in [0.5, 0.6) is 0 Å². The van der Waals surface area contributed by atoms with Gasteiger partial charge in [0.25, 0.3) is 0 Å². The lowest BCUT2D eigenvalue weighted by Gasteiger charge is -2.22. The van der Waals surface area contributed by atoms with Gasteiger partial charge in [-0.25, -0.2) is 4.79 Å². The molecular weight excluding hydrogens is 362 g/mol. The predicted molar refractivity (Wildman–Crippen MR) is 115 cm³/mol. The number of fused-ring (bicyclic) bond motifs is 1. The lowest BCUT2D eigenvalue weighted by Crippen LogP contribution is -2.41. The minimum absolute atomic E-state index is 0.227. The summed E-state index contributed by atoms with van der Waals surface area (Å²) in [6.07, 6.45) is -0.903. The number of ether oxygens (including phenoxy) is 1. The number of aliphatic imine (C=N–C) groups is 1. The van der Waals surface area contributed by atoms with E-state index in [2.05, 4.69) is 22.3 Å². The summed E-state index contributed by atoms with van der Waals surface area (Å²) < 4.78 is 5.39. The first kappa shape index (κ1) is 18.7. The number of benzene rings is 3. The van der Waals surface area contributed by atoms with Crippen molar-refractivity contribution in [1.82, 2.24) is 5.32 Å². The normalized spacial score (nSPS) is 15.7. The minimum atomic E-state index is -0.477. The zero-order chi connectivity index (χ0) is 20.1. The van der Waals surface area contributed by atoms with Gasteiger partial charge in [-0.15, -0.1) is 0 Å². The topological polar surface area (TPSA) is 53.9 Å². The van der Waals surface area contributed by atoms with Crippen LogP contribution in [-0.2, 0) is 11.3 Å². The number of alkyl carbamates (subject to hydrolysis) is 1. The van der Waals surface area contributed by atoms with Crippen molar-refractivity contribution >= 4 is 17.5 Å². The average Bonchev–Trinajstić information content (AvgIpc) is 2.90. The quantitative estimate of drug-likeness (QED) is 0.731. The maximum atomic E-state index is 12.4. The fourth-order valence-electron chi connectivity index (χ4n) is 3.44. The summed E-state index contributed by atoms with van der Waals surface area (Å²) in [6, 6.07) is 27.8. The fraction of sp³-hybridized carbons (Fsp3) is 0.167. The Labute approximate surface area is 170 Å². The molecule has 5 nitrogen and oxygen atoms in total. The van der Waals surface area contributed by atoms with Gasteiger partial charge < -0.3 is 9.64 Å². The van der Waals surface area contributed by atoms with E-state index in [1.54, 1.807) is 0 Å². The van der Waals surface area contributed by atoms with Crippen molar-refractivity contribution in [3.63, 3.8) is 0 Å². The van der Waals surface area contributed by atoms with Crippen molar-refractivity contribution in [2.24, 2.45) is 4.99 Å². The molecule has 0 saturated heterocycles. The fourth-order valence-corrected chi connectivity index (χ4v) is 3.44. The first-order valence-corrected chi connectivity index (χ1v) is 9.61. The Morgan fingerprint density at radius 1 is 1.00 bits per heavy atom. The number of para-hydroxylation sites is 1. The average molecular weight is 385 g/mol. The van der Waals surface area contributed by atoms with Crippen LogP contribution in [0.3, 0.4) is 0 Å². The van der Waals surface area contributed by atoms with E-state index in [9.17, 15) is 4.79 Å². The van der Waals surface area contributed by atoms with Crippen molar-refractivity contribution in [2.75, 3.05) is 18.5 Å². The van der Waals surface area contributed by atoms with Crippen LogP contribution in [0.4, 0.5) is 10.5 Å². The number of rotatable bonds is 4. The van der Waals surface area contributed by atoms with Crippen molar-refractivity contribution in [1.29, 1.82) is 0 Å². The molecule has 146 valence electrons. The highest BCUT2D eigenvalue weighted by Crippen LogP contribution is 2.26. The van der Waals surface area contributed by atoms with Crippen molar-refractivity contribution in [2.45, 2.75) is 12.8 Å². The number of hydrogen-bond donors (Lipinski definition) is 1. The summed E-state index contributed by atoms with van der Waals surface area (Å²) >= 11 is 0. The van der Waals surface area contributed by atoms with E-state index in [1.165, 1.54) is 0 Å². The van der Waals surface area contributed by atoms with Gasteiger partial charge in [0.2, 0.25) is 0 Å². The number of amides is 1. The van der Waals surface area contributed by atoms with Crippen LogP contribution in [-0.4, -0.2) is 31.6 Å². The molecule has 3 aromatic carbocycles. The zero-order valence-electron chi connectivity index (χ0n) is 16.3. The molecule has 0 fully saturated rings. The highest BCUT2D eigenvalue weighted by molar-refractivity contribution is 6.16. The van der Waals surface area contributed by atoms with Crippen LogP contribution in [0.1, 0.15) is 16.7 Å². The van der Waals surface area contributed by atoms with Crippen LogP contribution in [0, 0.1) is 0 Å². The second kappa shape index (κ2) is 8.61. The second-order valence-corrected chi connectivity index (χ2v) is 6.96. The maximum Gasteiger partial charge on any atom is 0.409 e. The number of carbonyl (C=O) groups is 1. The van der Waals surface area contributed by atoms with Gasteiger partial charge >= 0.3 is 6.09 Å². The van der Waals surface area contributed by atoms with Gasteiger partial charge in [0, 0.05) is 23.9 Å². The maximum absolute atomic E-state index is 12.4. The molecule has 1 aliphatic heterocycles. The van der Waals surface area contributed by atoms with Crippen molar-refractivity contribution < 1.29 is 9.53 Å². The third kappa shape index (κ3) is 4.46. The number of benzodiazepines with no additional fused rings is 1. The van der Waals surface area contributed by atoms with Crippen LogP contribution >= 0.6 is 0 Å². The van der Waals surface area contributed by atoms with Crippen molar-refractivity contribution in [3.05, 3.63) is 102 Å². The summed E-state index contributed by atoms with van der Waals surface area (Å²) in [4.78, 5) is 19.4. The highest BCUT2D eigenvalue weighted by Gasteiger charge is 2.24. The summed E-state index contributed by atoms with van der Waals surface area (Å²) in [7, 11) is 2.01. The van der Waals surface area contributed by atoms with E-state index in [4.69, 9.17) is 9.73 Å². The first-order chi connectivity index (χ1) is 14.2. The van der Waals surface area contributed by atoms with Gasteiger partial charge in [-0.1, -0.05) is 78.9 Å². The molecule has 29 heavy (non-hydrogen) atoms. The molecule has 1 amide bonds. The molecule has 1 heterocycles. The molecule has 0 spiro atoms. The first-order valence-electron chi connectivity index (χ1n) is 9.61. The number of likely N-dealkylation sites (N-methyl/N-ethyl adjacent to an activating group) is 1. The standard InChI is InChI=1S/C24H23N3O2/c1-27-16-22(26-24(28)29-17-18-10-4-2-5-11-18)25-23(19-12-6-3-7-13-19)20-14-8-9-15-21(20)27/h2-15,22H,16-17H2,1H3,(H,26,28). The van der Waals surface area contributed by atoms with Gasteiger partial charge in [-0.3, -0.25) is 10.3 Å².